The van der Waals surface area contributed by atoms with Crippen molar-refractivity contribution < 1.29 is 9.59 Å². The van der Waals surface area contributed by atoms with E-state index in [0.717, 1.165) is 32.2 Å². The molecule has 0 aromatic heterocycles. The third-order valence-corrected chi connectivity index (χ3v) is 4.27. The van der Waals surface area contributed by atoms with Crippen molar-refractivity contribution in [2.24, 2.45) is 11.7 Å². The Bertz CT molecular complexity index is 331. The number of rotatable bonds is 4. The number of nitrogens with two attached hydrogens (primary N) is 1. The molecule has 2 saturated heterocycles. The Hall–Kier alpha value is -0.940. The molecule has 108 valence electrons. The Morgan fingerprint density at radius 1 is 1.26 bits per heavy atom. The van der Waals surface area contributed by atoms with Crippen LogP contribution in [0.3, 0.4) is 0 Å². The van der Waals surface area contributed by atoms with Crippen LogP contribution in [0.4, 0.5) is 0 Å². The normalized spacial score (nSPS) is 28.9. The molecule has 0 saturated carbocycles. The molecule has 0 bridgehead atoms. The molecular weight excluding hydrogens is 242 g/mol. The van der Waals surface area contributed by atoms with Crippen LogP contribution in [0.25, 0.3) is 0 Å². The molecule has 0 radical (unpaired) electrons. The van der Waals surface area contributed by atoms with Gasteiger partial charge in [0, 0.05) is 6.54 Å². The standard InChI is InChI=1S/C14H25N3O2/c1-9(2)12(15)14(19)17-8-4-6-11(17)13(18)10-5-3-7-16-10/h9-12,16H,3-8,15H2,1-2H3. The maximum absolute atomic E-state index is 12.5. The van der Waals surface area contributed by atoms with E-state index in [-0.39, 0.29) is 29.7 Å². The minimum atomic E-state index is -0.495. The second-order valence-corrected chi connectivity index (χ2v) is 6.01. The quantitative estimate of drug-likeness (QED) is 0.767. The van der Waals surface area contributed by atoms with E-state index in [2.05, 4.69) is 5.32 Å². The van der Waals surface area contributed by atoms with Crippen LogP contribution < -0.4 is 11.1 Å². The highest BCUT2D eigenvalue weighted by molar-refractivity contribution is 5.94. The van der Waals surface area contributed by atoms with E-state index in [0.29, 0.717) is 6.54 Å². The van der Waals surface area contributed by atoms with Crippen molar-refractivity contribution in [1.29, 1.82) is 0 Å². The fourth-order valence-corrected chi connectivity index (χ4v) is 2.96. The van der Waals surface area contributed by atoms with E-state index in [4.69, 9.17) is 5.73 Å². The van der Waals surface area contributed by atoms with Gasteiger partial charge in [-0.1, -0.05) is 13.8 Å². The third kappa shape index (κ3) is 2.98. The fraction of sp³-hybridized carbons (Fsp3) is 0.857. The summed E-state index contributed by atoms with van der Waals surface area (Å²) in [4.78, 5) is 26.5. The molecule has 3 atom stereocenters. The maximum Gasteiger partial charge on any atom is 0.240 e. The molecule has 2 heterocycles. The molecule has 0 aliphatic carbocycles. The zero-order valence-corrected chi connectivity index (χ0v) is 11.9. The van der Waals surface area contributed by atoms with Gasteiger partial charge in [-0.25, -0.2) is 0 Å². The fourth-order valence-electron chi connectivity index (χ4n) is 2.96. The molecule has 1 amide bonds. The van der Waals surface area contributed by atoms with Crippen LogP contribution in [0, 0.1) is 5.92 Å². The highest BCUT2D eigenvalue weighted by Gasteiger charge is 2.39. The van der Waals surface area contributed by atoms with Gasteiger partial charge in [-0.3, -0.25) is 9.59 Å². The van der Waals surface area contributed by atoms with Crippen molar-refractivity contribution in [1.82, 2.24) is 10.2 Å². The van der Waals surface area contributed by atoms with Crippen molar-refractivity contribution in [3.05, 3.63) is 0 Å². The van der Waals surface area contributed by atoms with Crippen molar-refractivity contribution in [2.45, 2.75) is 57.7 Å². The Labute approximate surface area is 114 Å². The number of amides is 1. The van der Waals surface area contributed by atoms with E-state index in [1.807, 2.05) is 13.8 Å². The lowest BCUT2D eigenvalue weighted by Crippen LogP contribution is -2.53. The number of likely N-dealkylation sites (tertiary alicyclic amines) is 1. The summed E-state index contributed by atoms with van der Waals surface area (Å²) in [7, 11) is 0. The van der Waals surface area contributed by atoms with E-state index in [1.165, 1.54) is 0 Å². The molecule has 5 heteroatoms. The zero-order valence-electron chi connectivity index (χ0n) is 11.9. The lowest BCUT2D eigenvalue weighted by Gasteiger charge is -2.29. The first-order chi connectivity index (χ1) is 9.02. The summed E-state index contributed by atoms with van der Waals surface area (Å²) in [5, 5.41) is 3.23. The SMILES string of the molecule is CC(C)C(N)C(=O)N1CCCC1C(=O)C1CCCN1. The molecule has 0 aromatic rings. The second-order valence-electron chi connectivity index (χ2n) is 6.01. The van der Waals surface area contributed by atoms with E-state index in [9.17, 15) is 9.59 Å². The highest BCUT2D eigenvalue weighted by atomic mass is 16.2. The average Bonchev–Trinajstić information content (AvgIpc) is 3.06. The average molecular weight is 267 g/mol. The highest BCUT2D eigenvalue weighted by Crippen LogP contribution is 2.23. The lowest BCUT2D eigenvalue weighted by atomic mass is 9.99. The number of nitrogens with zero attached hydrogens (tertiary/aromatic N) is 1. The molecule has 0 spiro atoms. The molecule has 2 aliphatic rings. The van der Waals surface area contributed by atoms with Crippen LogP contribution in [0.2, 0.25) is 0 Å². The number of hydrogen-bond acceptors (Lipinski definition) is 4. The lowest BCUT2D eigenvalue weighted by molar-refractivity contribution is -0.139. The van der Waals surface area contributed by atoms with Crippen molar-refractivity contribution in [2.75, 3.05) is 13.1 Å². The minimum absolute atomic E-state index is 0.0614. The summed E-state index contributed by atoms with van der Waals surface area (Å²) >= 11 is 0. The number of hydrogen-bond donors (Lipinski definition) is 2. The topological polar surface area (TPSA) is 75.4 Å². The van der Waals surface area contributed by atoms with Gasteiger partial charge >= 0.3 is 0 Å². The Kier molecular flexibility index (Phi) is 4.58. The monoisotopic (exact) mass is 267 g/mol. The van der Waals surface area contributed by atoms with Gasteiger partial charge in [0.15, 0.2) is 5.78 Å². The molecule has 0 aromatic carbocycles. The summed E-state index contributed by atoms with van der Waals surface area (Å²) in [5.74, 6) is 0.219. The van der Waals surface area contributed by atoms with Gasteiger partial charge in [0.25, 0.3) is 0 Å². The van der Waals surface area contributed by atoms with E-state index in [1.54, 1.807) is 4.90 Å². The van der Waals surface area contributed by atoms with E-state index < -0.39 is 6.04 Å². The van der Waals surface area contributed by atoms with Crippen molar-refractivity contribution >= 4 is 11.7 Å². The van der Waals surface area contributed by atoms with E-state index >= 15 is 0 Å². The molecule has 19 heavy (non-hydrogen) atoms. The molecule has 3 N–H and O–H groups in total. The van der Waals surface area contributed by atoms with Gasteiger partial charge in [-0.2, -0.15) is 0 Å². The van der Waals surface area contributed by atoms with Gasteiger partial charge in [0.1, 0.15) is 0 Å². The summed E-state index contributed by atoms with van der Waals surface area (Å²) in [6.45, 7) is 5.45. The predicted octanol–water partition coefficient (Wildman–Crippen LogP) is 0.282. The summed E-state index contributed by atoms with van der Waals surface area (Å²) in [5.41, 5.74) is 5.94. The van der Waals surface area contributed by atoms with Crippen LogP contribution in [0.5, 0.6) is 0 Å². The second kappa shape index (κ2) is 6.01. The first-order valence-corrected chi connectivity index (χ1v) is 7.35. The number of nitrogens with one attached hydrogen (secondary N) is 1. The molecule has 2 fully saturated rings. The summed E-state index contributed by atoms with van der Waals surface area (Å²) in [6, 6.07) is -0.813. The van der Waals surface area contributed by atoms with Gasteiger partial charge in [-0.15, -0.1) is 0 Å². The third-order valence-electron chi connectivity index (χ3n) is 4.27. The van der Waals surface area contributed by atoms with Crippen LogP contribution in [-0.2, 0) is 9.59 Å². The Morgan fingerprint density at radius 2 is 2.00 bits per heavy atom. The summed E-state index contributed by atoms with van der Waals surface area (Å²) < 4.78 is 0. The molecular formula is C14H25N3O2. The zero-order chi connectivity index (χ0) is 14.0. The number of Topliss-reactive ketones (excluding diaryl/α,β-unsaturated/α-hetero) is 1. The Morgan fingerprint density at radius 3 is 2.58 bits per heavy atom. The van der Waals surface area contributed by atoms with Crippen molar-refractivity contribution in [3.63, 3.8) is 0 Å². The maximum atomic E-state index is 12.5. The smallest absolute Gasteiger partial charge is 0.240 e. The first-order valence-electron chi connectivity index (χ1n) is 7.35. The van der Waals surface area contributed by atoms with Gasteiger partial charge in [0.05, 0.1) is 18.1 Å². The van der Waals surface area contributed by atoms with Crippen molar-refractivity contribution in [3.8, 4) is 0 Å². The van der Waals surface area contributed by atoms with Gasteiger partial charge in [0.2, 0.25) is 5.91 Å². The minimum Gasteiger partial charge on any atom is -0.331 e. The van der Waals surface area contributed by atoms with Crippen LogP contribution >= 0.6 is 0 Å². The molecule has 2 aliphatic heterocycles. The largest absolute Gasteiger partial charge is 0.331 e. The molecule has 2 rings (SSSR count). The van der Waals surface area contributed by atoms with Crippen LogP contribution in [-0.4, -0.2) is 47.8 Å². The number of ketones is 1. The summed E-state index contributed by atoms with van der Waals surface area (Å²) in [6.07, 6.45) is 3.63. The van der Waals surface area contributed by atoms with Crippen LogP contribution in [0.15, 0.2) is 0 Å². The molecule has 5 nitrogen and oxygen atoms in total. The number of carbonyl (C=O) groups is 2. The first kappa shape index (κ1) is 14.5. The van der Waals surface area contributed by atoms with Gasteiger partial charge < -0.3 is 16.0 Å². The predicted molar refractivity (Wildman–Crippen MR) is 73.6 cm³/mol. The van der Waals surface area contributed by atoms with Gasteiger partial charge in [-0.05, 0) is 38.1 Å². The molecule has 3 unspecified atom stereocenters. The van der Waals surface area contributed by atoms with Crippen LogP contribution in [0.1, 0.15) is 39.5 Å². The number of carbonyl (C=O) groups excluding carboxylic acids is 2. The Balaban J connectivity index is 2.03.